The number of unbranched alkanes of at least 4 members (excludes halogenated alkanes) is 1. The van der Waals surface area contributed by atoms with Gasteiger partial charge < -0.3 is 0 Å². The summed E-state index contributed by atoms with van der Waals surface area (Å²) in [6.07, 6.45) is 6.34. The smallest absolute Gasteiger partial charge is 0.0682 e. The molecule has 0 rings (SSSR count). The lowest BCUT2D eigenvalue weighted by molar-refractivity contribution is 0.823. The van der Waals surface area contributed by atoms with E-state index in [1.165, 1.54) is 19.3 Å². The Bertz CT molecular complexity index is 136. The van der Waals surface area contributed by atoms with E-state index in [1.54, 1.807) is 0 Å². The molecule has 0 saturated carbocycles. The molecular weight excluding hydrogens is 390 g/mol. The minimum Gasteiger partial charge on any atom is -0.0989 e. The van der Waals surface area contributed by atoms with E-state index < -0.39 is 8.07 Å². The van der Waals surface area contributed by atoms with Crippen molar-refractivity contribution in [2.24, 2.45) is 0 Å². The van der Waals surface area contributed by atoms with E-state index in [0.29, 0.717) is 0 Å². The van der Waals surface area contributed by atoms with Crippen molar-refractivity contribution in [2.75, 3.05) is 0 Å². The van der Waals surface area contributed by atoms with Gasteiger partial charge in [-0.15, -0.1) is 0 Å². The Hall–Kier alpha value is 1.42. The molecule has 0 spiro atoms. The summed E-state index contributed by atoms with van der Waals surface area (Å²) in [6.45, 7) is 7.13. The van der Waals surface area contributed by atoms with Crippen LogP contribution >= 0.6 is 45.2 Å². The Labute approximate surface area is 105 Å². The molecule has 0 aliphatic rings. The molecule has 0 heterocycles. The highest BCUT2D eigenvalue weighted by Crippen LogP contribution is 2.17. The molecule has 0 aromatic heterocycles. The maximum Gasteiger partial charge on any atom is 0.0682 e. The van der Waals surface area contributed by atoms with Crippen LogP contribution in [0.2, 0.25) is 19.6 Å². The van der Waals surface area contributed by atoms with Crippen LogP contribution in [0.3, 0.4) is 0 Å². The fourth-order valence-electron chi connectivity index (χ4n) is 0.827. The minimum absolute atomic E-state index is 0.806. The van der Waals surface area contributed by atoms with Gasteiger partial charge in [0.25, 0.3) is 0 Å². The Morgan fingerprint density at radius 2 is 1.83 bits per heavy atom. The Morgan fingerprint density at radius 3 is 2.25 bits per heavy atom. The highest BCUT2D eigenvalue weighted by Gasteiger charge is 2.05. The molecule has 72 valence electrons. The van der Waals surface area contributed by atoms with Gasteiger partial charge in [0.05, 0.1) is 10.0 Å². The van der Waals surface area contributed by atoms with Crippen LogP contribution in [0.1, 0.15) is 19.3 Å². The largest absolute Gasteiger partial charge is 0.0989 e. The summed E-state index contributed by atoms with van der Waals surface area (Å²) in [5.74, 6) is 0. The van der Waals surface area contributed by atoms with Gasteiger partial charge in [0.15, 0.2) is 0 Å². The van der Waals surface area contributed by atoms with Gasteiger partial charge in [-0.3, -0.25) is 0 Å². The molecule has 0 saturated heterocycles. The Morgan fingerprint density at radius 1 is 1.25 bits per heavy atom. The average Bonchev–Trinajstić information content (AvgIpc) is 1.83. The molecule has 0 fully saturated rings. The van der Waals surface area contributed by atoms with Crippen LogP contribution in [-0.2, 0) is 0 Å². The third-order valence-corrected chi connectivity index (χ3v) is 3.89. The molecule has 0 nitrogen and oxygen atoms in total. The summed E-state index contributed by atoms with van der Waals surface area (Å²) in [6, 6.07) is 0. The number of hydrogen-bond donors (Lipinski definition) is 0. The van der Waals surface area contributed by atoms with Crippen molar-refractivity contribution in [2.45, 2.75) is 40.8 Å². The molecule has 0 N–H and O–H groups in total. The molecule has 0 unspecified atom stereocenters. The Kier molecular flexibility index (Phi) is 7.61. The van der Waals surface area contributed by atoms with E-state index in [2.05, 4.69) is 76.6 Å². The van der Waals surface area contributed by atoms with E-state index in [4.69, 9.17) is 0 Å². The van der Waals surface area contributed by atoms with Gasteiger partial charge in [-0.25, -0.2) is 0 Å². The predicted octanol–water partition coefficient (Wildman–Crippen LogP) is 4.79. The molecule has 0 bridgehead atoms. The third-order valence-electron chi connectivity index (χ3n) is 1.41. The molecule has 0 amide bonds. The third kappa shape index (κ3) is 11.4. The summed E-state index contributed by atoms with van der Waals surface area (Å²) in [5.41, 5.74) is 2.45. The second-order valence-electron chi connectivity index (χ2n) is 4.09. The van der Waals surface area contributed by atoms with Crippen molar-refractivity contribution < 1.29 is 0 Å². The van der Waals surface area contributed by atoms with Crippen LogP contribution < -0.4 is 0 Å². The SMILES string of the molecule is C[Si](C)(C)/C=C\CCCC(I)I. The highest BCUT2D eigenvalue weighted by atomic mass is 127. The van der Waals surface area contributed by atoms with Gasteiger partial charge >= 0.3 is 0 Å². The zero-order chi connectivity index (χ0) is 9.61. The highest BCUT2D eigenvalue weighted by molar-refractivity contribution is 14.2. The summed E-state index contributed by atoms with van der Waals surface area (Å²) >= 11 is 4.96. The molecule has 0 atom stereocenters. The van der Waals surface area contributed by atoms with Crippen molar-refractivity contribution in [3.05, 3.63) is 11.8 Å². The number of rotatable bonds is 5. The van der Waals surface area contributed by atoms with Gasteiger partial charge in [0.2, 0.25) is 0 Å². The predicted molar refractivity (Wildman–Crippen MR) is 78.2 cm³/mol. The van der Waals surface area contributed by atoms with Crippen LogP contribution in [0.25, 0.3) is 0 Å². The van der Waals surface area contributed by atoms with Gasteiger partial charge in [0.1, 0.15) is 0 Å². The van der Waals surface area contributed by atoms with Crippen LogP contribution in [-0.4, -0.2) is 10.0 Å². The zero-order valence-electron chi connectivity index (χ0n) is 8.11. The standard InChI is InChI=1S/C9H18I2Si/c1-12(2,3)8-6-4-5-7-9(10)11/h6,8-9H,4-5,7H2,1-3H3/b8-6-. The lowest BCUT2D eigenvalue weighted by Crippen LogP contribution is -2.15. The molecule has 0 aliphatic heterocycles. The zero-order valence-corrected chi connectivity index (χ0v) is 13.4. The van der Waals surface area contributed by atoms with Crippen LogP contribution in [0.5, 0.6) is 0 Å². The number of alkyl halides is 2. The molecule has 12 heavy (non-hydrogen) atoms. The van der Waals surface area contributed by atoms with Crippen molar-refractivity contribution in [3.8, 4) is 0 Å². The van der Waals surface area contributed by atoms with Crippen molar-refractivity contribution in [1.29, 1.82) is 0 Å². The van der Waals surface area contributed by atoms with Gasteiger partial charge in [0, 0.05) is 0 Å². The maximum absolute atomic E-state index is 2.48. The average molecular weight is 408 g/mol. The van der Waals surface area contributed by atoms with Crippen LogP contribution in [0, 0.1) is 0 Å². The first-order valence-corrected chi connectivity index (χ1v) is 10.4. The van der Waals surface area contributed by atoms with E-state index in [9.17, 15) is 0 Å². The number of halogens is 2. The van der Waals surface area contributed by atoms with E-state index in [1.807, 2.05) is 0 Å². The molecule has 0 aromatic rings. The van der Waals surface area contributed by atoms with Gasteiger partial charge in [-0.05, 0) is 19.3 Å². The minimum atomic E-state index is -0.919. The first-order valence-electron chi connectivity index (χ1n) is 4.37. The normalized spacial score (nSPS) is 13.2. The van der Waals surface area contributed by atoms with Gasteiger partial charge in [-0.1, -0.05) is 76.6 Å². The summed E-state index contributed by atoms with van der Waals surface area (Å²) < 4.78 is 0.806. The molecule has 3 heteroatoms. The van der Waals surface area contributed by atoms with E-state index in [0.717, 1.165) is 1.93 Å². The first kappa shape index (κ1) is 13.4. The fraction of sp³-hybridized carbons (Fsp3) is 0.778. The van der Waals surface area contributed by atoms with Crippen molar-refractivity contribution in [3.63, 3.8) is 0 Å². The maximum atomic E-state index is 2.48. The fourth-order valence-corrected chi connectivity index (χ4v) is 2.58. The Balaban J connectivity index is 3.37. The molecule has 0 aromatic carbocycles. The summed E-state index contributed by atoms with van der Waals surface area (Å²) in [7, 11) is -0.919. The summed E-state index contributed by atoms with van der Waals surface area (Å²) in [5, 5.41) is 0. The second kappa shape index (κ2) is 6.81. The quantitative estimate of drug-likeness (QED) is 0.266. The molecule has 0 aliphatic carbocycles. The first-order chi connectivity index (χ1) is 5.42. The summed E-state index contributed by atoms with van der Waals surface area (Å²) in [4.78, 5) is 0. The van der Waals surface area contributed by atoms with Crippen LogP contribution in [0.15, 0.2) is 11.8 Å². The van der Waals surface area contributed by atoms with E-state index >= 15 is 0 Å². The number of allylic oxidation sites excluding steroid dienone is 1. The van der Waals surface area contributed by atoms with Gasteiger partial charge in [-0.2, -0.15) is 0 Å². The van der Waals surface area contributed by atoms with Crippen molar-refractivity contribution in [1.82, 2.24) is 0 Å². The second-order valence-corrected chi connectivity index (χ2v) is 14.5. The number of hydrogen-bond acceptors (Lipinski definition) is 0. The lowest BCUT2D eigenvalue weighted by Gasteiger charge is -2.07. The molecule has 0 radical (unpaired) electrons. The van der Waals surface area contributed by atoms with Crippen molar-refractivity contribution >= 4 is 53.3 Å². The monoisotopic (exact) mass is 408 g/mol. The topological polar surface area (TPSA) is 0 Å². The molecular formula is C9H18I2Si. The van der Waals surface area contributed by atoms with Crippen LogP contribution in [0.4, 0.5) is 0 Å². The lowest BCUT2D eigenvalue weighted by atomic mass is 10.2. The van der Waals surface area contributed by atoms with E-state index in [-0.39, 0.29) is 0 Å².